The number of rotatable bonds is 11. The lowest BCUT2D eigenvalue weighted by molar-refractivity contribution is -0.123. The summed E-state index contributed by atoms with van der Waals surface area (Å²) in [5, 5.41) is 2.85. The van der Waals surface area contributed by atoms with Gasteiger partial charge < -0.3 is 10.1 Å². The third kappa shape index (κ3) is 8.38. The minimum absolute atomic E-state index is 0.0411. The van der Waals surface area contributed by atoms with Crippen LogP contribution in [0.2, 0.25) is 0 Å². The highest BCUT2D eigenvalue weighted by Crippen LogP contribution is 2.16. The van der Waals surface area contributed by atoms with Gasteiger partial charge in [0, 0.05) is 12.5 Å². The van der Waals surface area contributed by atoms with E-state index in [2.05, 4.69) is 12.2 Å². The second-order valence-corrected chi connectivity index (χ2v) is 6.04. The lowest BCUT2D eigenvalue weighted by atomic mass is 9.98. The Hall–Kier alpha value is -1.84. The van der Waals surface area contributed by atoms with Crippen LogP contribution < -0.4 is 10.1 Å². The zero-order valence-electron chi connectivity index (χ0n) is 14.6. The van der Waals surface area contributed by atoms with Crippen molar-refractivity contribution in [2.24, 2.45) is 5.92 Å². The lowest BCUT2D eigenvalue weighted by Crippen LogP contribution is -2.29. The van der Waals surface area contributed by atoms with E-state index in [-0.39, 0.29) is 24.2 Å². The van der Waals surface area contributed by atoms with Gasteiger partial charge in [0.15, 0.2) is 6.61 Å². The van der Waals surface area contributed by atoms with Crippen LogP contribution in [0.25, 0.3) is 0 Å². The molecule has 0 saturated carbocycles. The van der Waals surface area contributed by atoms with E-state index in [0.717, 1.165) is 37.7 Å². The Morgan fingerprint density at radius 3 is 2.74 bits per heavy atom. The molecule has 1 atom stereocenters. The number of amides is 1. The molecular formula is C19H29NO3. The van der Waals surface area contributed by atoms with Gasteiger partial charge in [0.1, 0.15) is 11.5 Å². The Bertz CT molecular complexity index is 499. The van der Waals surface area contributed by atoms with Crippen LogP contribution in [0.1, 0.15) is 52.0 Å². The highest BCUT2D eigenvalue weighted by molar-refractivity contribution is 5.78. The molecule has 4 nitrogen and oxygen atoms in total. The van der Waals surface area contributed by atoms with E-state index in [1.165, 1.54) is 0 Å². The van der Waals surface area contributed by atoms with Crippen molar-refractivity contribution in [2.45, 2.75) is 52.9 Å². The standard InChI is InChI=1S/C19H29NO3/c1-4-5-6-12-20-19(22)14-23-18-9-7-8-17(13-18)11-10-15(2)16(3)21/h7-9,13,15H,4-6,10-12,14H2,1-3H3,(H,20,22). The molecule has 1 aromatic carbocycles. The van der Waals surface area contributed by atoms with E-state index in [1.54, 1.807) is 6.92 Å². The Balaban J connectivity index is 2.35. The molecule has 4 heteroatoms. The number of hydrogen-bond acceptors (Lipinski definition) is 3. The van der Waals surface area contributed by atoms with Crippen molar-refractivity contribution in [3.05, 3.63) is 29.8 Å². The minimum atomic E-state index is -0.0864. The Kier molecular flexibility index (Phi) is 9.03. The van der Waals surface area contributed by atoms with Gasteiger partial charge in [-0.25, -0.2) is 0 Å². The summed E-state index contributed by atoms with van der Waals surface area (Å²) in [5.41, 5.74) is 1.12. The van der Waals surface area contributed by atoms with Crippen LogP contribution in [0.15, 0.2) is 24.3 Å². The Labute approximate surface area is 139 Å². The molecule has 0 saturated heterocycles. The smallest absolute Gasteiger partial charge is 0.257 e. The average molecular weight is 319 g/mol. The molecular weight excluding hydrogens is 290 g/mol. The second-order valence-electron chi connectivity index (χ2n) is 6.04. The number of nitrogens with one attached hydrogen (secondary N) is 1. The van der Waals surface area contributed by atoms with E-state index >= 15 is 0 Å². The van der Waals surface area contributed by atoms with E-state index in [0.29, 0.717) is 12.3 Å². The summed E-state index contributed by atoms with van der Waals surface area (Å²) in [6.07, 6.45) is 4.94. The fourth-order valence-electron chi connectivity index (χ4n) is 2.18. The van der Waals surface area contributed by atoms with Gasteiger partial charge in [0.2, 0.25) is 0 Å². The third-order valence-corrected chi connectivity index (χ3v) is 3.93. The van der Waals surface area contributed by atoms with Gasteiger partial charge in [-0.05, 0) is 43.9 Å². The first-order valence-corrected chi connectivity index (χ1v) is 8.51. The molecule has 0 fully saturated rings. The molecule has 0 aromatic heterocycles. The van der Waals surface area contributed by atoms with Gasteiger partial charge in [0.05, 0.1) is 0 Å². The number of Topliss-reactive ketones (excluding diaryl/α,β-unsaturated/α-hetero) is 1. The topological polar surface area (TPSA) is 55.4 Å². The first kappa shape index (κ1) is 19.2. The summed E-state index contributed by atoms with van der Waals surface area (Å²) in [6, 6.07) is 7.73. The number of aryl methyl sites for hydroxylation is 1. The predicted octanol–water partition coefficient (Wildman–Crippen LogP) is 3.53. The second kappa shape index (κ2) is 10.8. The van der Waals surface area contributed by atoms with Crippen molar-refractivity contribution in [3.63, 3.8) is 0 Å². The normalized spacial score (nSPS) is 11.8. The van der Waals surface area contributed by atoms with Crippen molar-refractivity contribution in [1.82, 2.24) is 5.32 Å². The van der Waals surface area contributed by atoms with Crippen molar-refractivity contribution >= 4 is 11.7 Å². The first-order chi connectivity index (χ1) is 11.0. The summed E-state index contributed by atoms with van der Waals surface area (Å²) >= 11 is 0. The maximum atomic E-state index is 11.7. The molecule has 0 bridgehead atoms. The molecule has 1 rings (SSSR count). The van der Waals surface area contributed by atoms with Gasteiger partial charge in [-0.15, -0.1) is 0 Å². The van der Waals surface area contributed by atoms with Crippen molar-refractivity contribution in [2.75, 3.05) is 13.2 Å². The predicted molar refractivity (Wildman–Crippen MR) is 92.6 cm³/mol. The first-order valence-electron chi connectivity index (χ1n) is 8.51. The van der Waals surface area contributed by atoms with Gasteiger partial charge in [-0.2, -0.15) is 0 Å². The number of ketones is 1. The highest BCUT2D eigenvalue weighted by Gasteiger charge is 2.08. The van der Waals surface area contributed by atoms with Gasteiger partial charge in [-0.1, -0.05) is 38.8 Å². The van der Waals surface area contributed by atoms with Gasteiger partial charge in [-0.3, -0.25) is 9.59 Å². The number of benzene rings is 1. The maximum Gasteiger partial charge on any atom is 0.257 e. The fraction of sp³-hybridized carbons (Fsp3) is 0.579. The van der Waals surface area contributed by atoms with E-state index in [9.17, 15) is 9.59 Å². The molecule has 0 heterocycles. The van der Waals surface area contributed by atoms with E-state index in [4.69, 9.17) is 4.74 Å². The molecule has 0 radical (unpaired) electrons. The monoisotopic (exact) mass is 319 g/mol. The Morgan fingerprint density at radius 1 is 1.26 bits per heavy atom. The molecule has 23 heavy (non-hydrogen) atoms. The fourth-order valence-corrected chi connectivity index (χ4v) is 2.18. The van der Waals surface area contributed by atoms with Crippen LogP contribution in [-0.2, 0) is 16.0 Å². The molecule has 128 valence electrons. The Morgan fingerprint density at radius 2 is 2.04 bits per heavy atom. The zero-order valence-corrected chi connectivity index (χ0v) is 14.6. The quantitative estimate of drug-likeness (QED) is 0.635. The van der Waals surface area contributed by atoms with E-state index in [1.807, 2.05) is 31.2 Å². The van der Waals surface area contributed by atoms with Crippen molar-refractivity contribution in [1.29, 1.82) is 0 Å². The van der Waals surface area contributed by atoms with Crippen LogP contribution in [0.4, 0.5) is 0 Å². The van der Waals surface area contributed by atoms with Crippen LogP contribution in [0.5, 0.6) is 5.75 Å². The summed E-state index contributed by atoms with van der Waals surface area (Å²) in [4.78, 5) is 22.9. The molecule has 1 amide bonds. The molecule has 0 aliphatic heterocycles. The van der Waals surface area contributed by atoms with Crippen LogP contribution >= 0.6 is 0 Å². The highest BCUT2D eigenvalue weighted by atomic mass is 16.5. The van der Waals surface area contributed by atoms with Gasteiger partial charge >= 0.3 is 0 Å². The molecule has 1 N–H and O–H groups in total. The van der Waals surface area contributed by atoms with Gasteiger partial charge in [0.25, 0.3) is 5.91 Å². The summed E-state index contributed by atoms with van der Waals surface area (Å²) in [7, 11) is 0. The zero-order chi connectivity index (χ0) is 17.1. The van der Waals surface area contributed by atoms with Crippen LogP contribution in [0, 0.1) is 5.92 Å². The third-order valence-electron chi connectivity index (χ3n) is 3.93. The molecule has 0 spiro atoms. The number of ether oxygens (including phenoxy) is 1. The molecule has 1 aromatic rings. The molecule has 0 aliphatic carbocycles. The van der Waals surface area contributed by atoms with Crippen molar-refractivity contribution < 1.29 is 14.3 Å². The van der Waals surface area contributed by atoms with Crippen LogP contribution in [0.3, 0.4) is 0 Å². The number of hydrogen-bond donors (Lipinski definition) is 1. The number of carbonyl (C=O) groups is 2. The average Bonchev–Trinajstić information content (AvgIpc) is 2.55. The lowest BCUT2D eigenvalue weighted by Gasteiger charge is -2.10. The molecule has 1 unspecified atom stereocenters. The maximum absolute atomic E-state index is 11.7. The SMILES string of the molecule is CCCCCNC(=O)COc1cccc(CCC(C)C(C)=O)c1. The van der Waals surface area contributed by atoms with Crippen LogP contribution in [-0.4, -0.2) is 24.8 Å². The summed E-state index contributed by atoms with van der Waals surface area (Å²) < 4.78 is 5.54. The summed E-state index contributed by atoms with van der Waals surface area (Å²) in [6.45, 7) is 6.46. The number of carbonyl (C=O) groups excluding carboxylic acids is 2. The van der Waals surface area contributed by atoms with E-state index < -0.39 is 0 Å². The minimum Gasteiger partial charge on any atom is -0.484 e. The molecule has 0 aliphatic rings. The summed E-state index contributed by atoms with van der Waals surface area (Å²) in [5.74, 6) is 0.906. The largest absolute Gasteiger partial charge is 0.484 e. The number of unbranched alkanes of at least 4 members (excludes halogenated alkanes) is 2. The van der Waals surface area contributed by atoms with Crippen molar-refractivity contribution in [3.8, 4) is 5.75 Å².